The zero-order valence-electron chi connectivity index (χ0n) is 13.3. The molecule has 1 aliphatic heterocycles. The smallest absolute Gasteiger partial charge is 0.268 e. The fraction of sp³-hybridized carbons (Fsp3) is 0.733. The van der Waals surface area contributed by atoms with Gasteiger partial charge in [-0.1, -0.05) is 39.0 Å². The highest BCUT2D eigenvalue weighted by molar-refractivity contribution is 7.18. The number of nitrogens with one attached hydrogen (secondary N) is 1. The molecule has 1 aromatic heterocycles. The SMILES string of the molecule is CC(C)CNc1nc(N)c(C(=O)N2CCCC2C(C)C)s1. The lowest BCUT2D eigenvalue weighted by Gasteiger charge is -2.27. The number of nitrogen functional groups attached to an aromatic ring is 1. The highest BCUT2D eigenvalue weighted by Gasteiger charge is 2.33. The molecule has 0 radical (unpaired) electrons. The number of rotatable bonds is 5. The number of aromatic nitrogens is 1. The molecule has 0 spiro atoms. The van der Waals surface area contributed by atoms with Crippen LogP contribution in [0.15, 0.2) is 0 Å². The Labute approximate surface area is 130 Å². The summed E-state index contributed by atoms with van der Waals surface area (Å²) in [5, 5.41) is 3.98. The molecule has 1 aliphatic rings. The predicted octanol–water partition coefficient (Wildman–Crippen LogP) is 3.05. The van der Waals surface area contributed by atoms with Crippen LogP contribution in [0, 0.1) is 11.8 Å². The molecule has 21 heavy (non-hydrogen) atoms. The second kappa shape index (κ2) is 6.64. The molecule has 1 saturated heterocycles. The third kappa shape index (κ3) is 3.67. The Kier molecular flexibility index (Phi) is 5.08. The highest BCUT2D eigenvalue weighted by Crippen LogP contribution is 2.31. The highest BCUT2D eigenvalue weighted by atomic mass is 32.1. The van der Waals surface area contributed by atoms with Crippen molar-refractivity contribution in [2.75, 3.05) is 24.1 Å². The van der Waals surface area contributed by atoms with Crippen LogP contribution in [0.5, 0.6) is 0 Å². The number of carbonyl (C=O) groups is 1. The van der Waals surface area contributed by atoms with E-state index in [-0.39, 0.29) is 5.91 Å². The van der Waals surface area contributed by atoms with Gasteiger partial charge in [-0.15, -0.1) is 0 Å². The van der Waals surface area contributed by atoms with E-state index in [0.29, 0.717) is 28.6 Å². The van der Waals surface area contributed by atoms with Gasteiger partial charge in [0.15, 0.2) is 5.13 Å². The first kappa shape index (κ1) is 16.1. The molecule has 5 nitrogen and oxygen atoms in total. The molecule has 2 heterocycles. The van der Waals surface area contributed by atoms with E-state index >= 15 is 0 Å². The van der Waals surface area contributed by atoms with Gasteiger partial charge in [-0.3, -0.25) is 4.79 Å². The first-order chi connectivity index (χ1) is 9.90. The van der Waals surface area contributed by atoms with E-state index in [1.807, 2.05) is 4.90 Å². The topological polar surface area (TPSA) is 71.2 Å². The molecule has 0 bridgehead atoms. The Morgan fingerprint density at radius 2 is 2.19 bits per heavy atom. The molecule has 0 saturated carbocycles. The van der Waals surface area contributed by atoms with Crippen LogP contribution >= 0.6 is 11.3 Å². The summed E-state index contributed by atoms with van der Waals surface area (Å²) in [7, 11) is 0. The number of nitrogens with zero attached hydrogens (tertiary/aromatic N) is 2. The van der Waals surface area contributed by atoms with Gasteiger partial charge in [-0.05, 0) is 24.7 Å². The Morgan fingerprint density at radius 3 is 2.81 bits per heavy atom. The van der Waals surface area contributed by atoms with Crippen LogP contribution < -0.4 is 11.1 Å². The number of hydrogen-bond donors (Lipinski definition) is 2. The second-order valence-electron chi connectivity index (χ2n) is 6.46. The Hall–Kier alpha value is -1.30. The van der Waals surface area contributed by atoms with E-state index in [4.69, 9.17) is 5.73 Å². The standard InChI is InChI=1S/C15H26N4OS/c1-9(2)8-17-15-18-13(16)12(21-15)14(20)19-7-5-6-11(19)10(3)4/h9-11H,5-8,16H2,1-4H3,(H,17,18). The van der Waals surface area contributed by atoms with Gasteiger partial charge < -0.3 is 16.0 Å². The van der Waals surface area contributed by atoms with Gasteiger partial charge >= 0.3 is 0 Å². The lowest BCUT2D eigenvalue weighted by molar-refractivity contribution is 0.0707. The number of carbonyl (C=O) groups excluding carboxylic acids is 1. The summed E-state index contributed by atoms with van der Waals surface area (Å²) in [6.45, 7) is 10.3. The number of likely N-dealkylation sites (tertiary alicyclic amines) is 1. The van der Waals surface area contributed by atoms with Gasteiger partial charge in [0.1, 0.15) is 10.7 Å². The molecule has 3 N–H and O–H groups in total. The Balaban J connectivity index is 2.12. The van der Waals surface area contributed by atoms with E-state index in [1.54, 1.807) is 0 Å². The predicted molar refractivity (Wildman–Crippen MR) is 88.8 cm³/mol. The molecule has 6 heteroatoms. The molecule has 0 aromatic carbocycles. The average molecular weight is 310 g/mol. The van der Waals surface area contributed by atoms with Crippen LogP contribution in [0.3, 0.4) is 0 Å². The molecule has 1 aromatic rings. The summed E-state index contributed by atoms with van der Waals surface area (Å²) in [5.41, 5.74) is 5.95. The van der Waals surface area contributed by atoms with Gasteiger partial charge in [0.2, 0.25) is 0 Å². The van der Waals surface area contributed by atoms with Crippen molar-refractivity contribution in [3.8, 4) is 0 Å². The molecule has 1 fully saturated rings. The van der Waals surface area contributed by atoms with E-state index < -0.39 is 0 Å². The van der Waals surface area contributed by atoms with Crippen molar-refractivity contribution in [2.45, 2.75) is 46.6 Å². The minimum absolute atomic E-state index is 0.0406. The summed E-state index contributed by atoms with van der Waals surface area (Å²) < 4.78 is 0. The summed E-state index contributed by atoms with van der Waals surface area (Å²) in [4.78, 5) is 19.6. The van der Waals surface area contributed by atoms with Crippen molar-refractivity contribution in [2.24, 2.45) is 11.8 Å². The van der Waals surface area contributed by atoms with Crippen molar-refractivity contribution < 1.29 is 4.79 Å². The van der Waals surface area contributed by atoms with Crippen molar-refractivity contribution >= 4 is 28.2 Å². The van der Waals surface area contributed by atoms with Gasteiger partial charge in [-0.2, -0.15) is 0 Å². The molecule has 1 amide bonds. The van der Waals surface area contributed by atoms with Gasteiger partial charge in [-0.25, -0.2) is 4.98 Å². The lowest BCUT2D eigenvalue weighted by Crippen LogP contribution is -2.38. The van der Waals surface area contributed by atoms with Crippen LogP contribution in [0.2, 0.25) is 0 Å². The second-order valence-corrected chi connectivity index (χ2v) is 7.46. The zero-order chi connectivity index (χ0) is 15.6. The fourth-order valence-corrected chi connectivity index (χ4v) is 3.57. The summed E-state index contributed by atoms with van der Waals surface area (Å²) in [5.74, 6) is 1.40. The third-order valence-corrected chi connectivity index (χ3v) is 4.86. The van der Waals surface area contributed by atoms with E-state index in [2.05, 4.69) is 38.0 Å². The van der Waals surface area contributed by atoms with Crippen LogP contribution in [-0.4, -0.2) is 34.9 Å². The number of nitrogens with two attached hydrogens (primary N) is 1. The molecule has 2 rings (SSSR count). The van der Waals surface area contributed by atoms with Crippen LogP contribution in [0.1, 0.15) is 50.2 Å². The summed E-state index contributed by atoms with van der Waals surface area (Å²) >= 11 is 1.37. The number of thiazole rings is 1. The van der Waals surface area contributed by atoms with Crippen LogP contribution in [0.25, 0.3) is 0 Å². The monoisotopic (exact) mass is 310 g/mol. The molecule has 0 aliphatic carbocycles. The minimum Gasteiger partial charge on any atom is -0.382 e. The Morgan fingerprint density at radius 1 is 1.48 bits per heavy atom. The Bertz CT molecular complexity index is 498. The average Bonchev–Trinajstić information content (AvgIpc) is 3.02. The maximum atomic E-state index is 12.7. The van der Waals surface area contributed by atoms with Crippen LogP contribution in [-0.2, 0) is 0 Å². The zero-order valence-corrected chi connectivity index (χ0v) is 14.2. The van der Waals surface area contributed by atoms with Crippen molar-refractivity contribution in [3.05, 3.63) is 4.88 Å². The quantitative estimate of drug-likeness (QED) is 0.877. The van der Waals surface area contributed by atoms with Gasteiger partial charge in [0.05, 0.1) is 0 Å². The fourth-order valence-electron chi connectivity index (χ4n) is 2.72. The third-order valence-electron chi connectivity index (χ3n) is 3.84. The summed E-state index contributed by atoms with van der Waals surface area (Å²) in [6, 6.07) is 0.325. The molecule has 118 valence electrons. The van der Waals surface area contributed by atoms with Crippen molar-refractivity contribution in [1.29, 1.82) is 0 Å². The van der Waals surface area contributed by atoms with E-state index in [0.717, 1.165) is 31.1 Å². The van der Waals surface area contributed by atoms with Crippen molar-refractivity contribution in [1.82, 2.24) is 9.88 Å². The van der Waals surface area contributed by atoms with Crippen molar-refractivity contribution in [3.63, 3.8) is 0 Å². The normalized spacial score (nSPS) is 18.8. The maximum Gasteiger partial charge on any atom is 0.268 e. The first-order valence-electron chi connectivity index (χ1n) is 7.71. The molecule has 1 unspecified atom stereocenters. The van der Waals surface area contributed by atoms with Gasteiger partial charge in [0.25, 0.3) is 5.91 Å². The largest absolute Gasteiger partial charge is 0.382 e. The van der Waals surface area contributed by atoms with E-state index in [1.165, 1.54) is 11.3 Å². The van der Waals surface area contributed by atoms with Gasteiger partial charge in [0, 0.05) is 19.1 Å². The lowest BCUT2D eigenvalue weighted by atomic mass is 10.0. The first-order valence-corrected chi connectivity index (χ1v) is 8.53. The number of hydrogen-bond acceptors (Lipinski definition) is 5. The number of amides is 1. The molecular formula is C15H26N4OS. The minimum atomic E-state index is 0.0406. The maximum absolute atomic E-state index is 12.7. The molecular weight excluding hydrogens is 284 g/mol. The summed E-state index contributed by atoms with van der Waals surface area (Å²) in [6.07, 6.45) is 2.16. The van der Waals surface area contributed by atoms with E-state index in [9.17, 15) is 4.79 Å². The van der Waals surface area contributed by atoms with Crippen LogP contribution in [0.4, 0.5) is 10.9 Å². The molecule has 1 atom stereocenters. The number of anilines is 2.